The second-order valence-electron chi connectivity index (χ2n) is 7.07. The molecule has 2 heterocycles. The maximum absolute atomic E-state index is 12.0. The highest BCUT2D eigenvalue weighted by molar-refractivity contribution is 5.75. The summed E-state index contributed by atoms with van der Waals surface area (Å²) in [6.07, 6.45) is 6.89. The molecule has 1 aliphatic heterocycles. The number of carbonyl (C=O) groups excluding carboxylic acids is 1. The second-order valence-corrected chi connectivity index (χ2v) is 7.07. The third kappa shape index (κ3) is 6.64. The maximum atomic E-state index is 12.0. The molecule has 1 atom stereocenters. The molecule has 7 heteroatoms. The van der Waals surface area contributed by atoms with E-state index >= 15 is 0 Å². The van der Waals surface area contributed by atoms with Crippen molar-refractivity contribution in [3.63, 3.8) is 0 Å². The summed E-state index contributed by atoms with van der Waals surface area (Å²) in [5.41, 5.74) is 1.15. The Labute approximate surface area is 165 Å². The van der Waals surface area contributed by atoms with Gasteiger partial charge in [0.1, 0.15) is 5.75 Å². The van der Waals surface area contributed by atoms with Gasteiger partial charge in [0, 0.05) is 32.4 Å². The zero-order chi connectivity index (χ0) is 19.6. The predicted octanol–water partition coefficient (Wildman–Crippen LogP) is 2.87. The summed E-state index contributed by atoms with van der Waals surface area (Å²) >= 11 is 0. The third-order valence-corrected chi connectivity index (χ3v) is 4.90. The first-order chi connectivity index (χ1) is 13.7. The molecule has 0 bridgehead atoms. The molecule has 0 unspecified atom stereocenters. The van der Waals surface area contributed by atoms with Crippen molar-refractivity contribution >= 4 is 5.91 Å². The van der Waals surface area contributed by atoms with Crippen LogP contribution >= 0.6 is 0 Å². The number of ether oxygens (including phenoxy) is 2. The fraction of sp³-hybridized carbons (Fsp3) is 0.571. The Balaban J connectivity index is 1.34. The Morgan fingerprint density at radius 3 is 2.86 bits per heavy atom. The number of aromatic nitrogens is 2. The monoisotopic (exact) mass is 387 g/mol. The van der Waals surface area contributed by atoms with E-state index in [0.717, 1.165) is 43.6 Å². The SMILES string of the molecule is COc1cccc(CCc2nnc(CCC(=O)NCC[C@@H]3CCCCO3)o2)c1. The summed E-state index contributed by atoms with van der Waals surface area (Å²) in [4.78, 5) is 12.0. The summed E-state index contributed by atoms with van der Waals surface area (Å²) in [5, 5.41) is 11.1. The number of nitrogens with one attached hydrogen (secondary N) is 1. The van der Waals surface area contributed by atoms with Crippen molar-refractivity contribution in [2.75, 3.05) is 20.3 Å². The largest absolute Gasteiger partial charge is 0.497 e. The zero-order valence-electron chi connectivity index (χ0n) is 16.5. The van der Waals surface area contributed by atoms with Crippen molar-refractivity contribution < 1.29 is 18.7 Å². The van der Waals surface area contributed by atoms with Crippen LogP contribution in [0.1, 0.15) is 49.4 Å². The molecule has 1 saturated heterocycles. The summed E-state index contributed by atoms with van der Waals surface area (Å²) < 4.78 is 16.6. The van der Waals surface area contributed by atoms with Crippen molar-refractivity contribution in [2.24, 2.45) is 0 Å². The molecule has 1 aromatic heterocycles. The van der Waals surface area contributed by atoms with Crippen molar-refractivity contribution in [1.82, 2.24) is 15.5 Å². The van der Waals surface area contributed by atoms with E-state index in [1.54, 1.807) is 7.11 Å². The lowest BCUT2D eigenvalue weighted by Gasteiger charge is -2.22. The first-order valence-corrected chi connectivity index (χ1v) is 10.1. The molecule has 1 N–H and O–H groups in total. The second kappa shape index (κ2) is 10.8. The molecule has 1 aliphatic rings. The average molecular weight is 387 g/mol. The number of benzene rings is 1. The number of amides is 1. The lowest BCUT2D eigenvalue weighted by molar-refractivity contribution is -0.121. The number of hydrogen-bond acceptors (Lipinski definition) is 6. The first-order valence-electron chi connectivity index (χ1n) is 10.1. The van der Waals surface area contributed by atoms with Gasteiger partial charge in [-0.05, 0) is 49.8 Å². The standard InChI is InChI=1S/C21H29N3O4/c1-26-18-7-4-5-16(15-18)8-10-20-23-24-21(28-20)11-9-19(25)22-13-12-17-6-2-3-14-27-17/h4-5,7,15,17H,2-3,6,8-14H2,1H3,(H,22,25)/t17-/m0/s1. The van der Waals surface area contributed by atoms with Gasteiger partial charge in [-0.25, -0.2) is 0 Å². The van der Waals surface area contributed by atoms with Crippen molar-refractivity contribution in [1.29, 1.82) is 0 Å². The molecule has 3 rings (SSSR count). The normalized spacial score (nSPS) is 16.7. The van der Waals surface area contributed by atoms with Gasteiger partial charge in [-0.1, -0.05) is 12.1 Å². The van der Waals surface area contributed by atoms with E-state index in [1.165, 1.54) is 6.42 Å². The fourth-order valence-electron chi connectivity index (χ4n) is 3.29. The number of carbonyl (C=O) groups is 1. The van der Waals surface area contributed by atoms with Gasteiger partial charge in [-0.2, -0.15) is 0 Å². The van der Waals surface area contributed by atoms with Crippen LogP contribution in [0.15, 0.2) is 28.7 Å². The minimum Gasteiger partial charge on any atom is -0.497 e. The molecule has 28 heavy (non-hydrogen) atoms. The van der Waals surface area contributed by atoms with E-state index in [1.807, 2.05) is 24.3 Å². The molecular weight excluding hydrogens is 358 g/mol. The van der Waals surface area contributed by atoms with Gasteiger partial charge >= 0.3 is 0 Å². The Morgan fingerprint density at radius 2 is 2.07 bits per heavy atom. The number of methoxy groups -OCH3 is 1. The van der Waals surface area contributed by atoms with Crippen LogP contribution in [0.5, 0.6) is 5.75 Å². The predicted molar refractivity (Wildman–Crippen MR) is 104 cm³/mol. The fourth-order valence-corrected chi connectivity index (χ4v) is 3.29. The van der Waals surface area contributed by atoms with Gasteiger partial charge in [0.25, 0.3) is 0 Å². The van der Waals surface area contributed by atoms with Crippen LogP contribution in [0, 0.1) is 0 Å². The zero-order valence-corrected chi connectivity index (χ0v) is 16.5. The van der Waals surface area contributed by atoms with Crippen LogP contribution < -0.4 is 10.1 Å². The van der Waals surface area contributed by atoms with Crippen LogP contribution in [0.2, 0.25) is 0 Å². The number of hydrogen-bond donors (Lipinski definition) is 1. The molecule has 7 nitrogen and oxygen atoms in total. The molecule has 0 radical (unpaired) electrons. The van der Waals surface area contributed by atoms with E-state index in [4.69, 9.17) is 13.9 Å². The molecule has 1 amide bonds. The molecular formula is C21H29N3O4. The van der Waals surface area contributed by atoms with Crippen LogP contribution in [-0.2, 0) is 28.8 Å². The van der Waals surface area contributed by atoms with E-state index in [-0.39, 0.29) is 12.0 Å². The van der Waals surface area contributed by atoms with E-state index in [9.17, 15) is 4.79 Å². The maximum Gasteiger partial charge on any atom is 0.220 e. The third-order valence-electron chi connectivity index (χ3n) is 4.90. The van der Waals surface area contributed by atoms with Gasteiger partial charge in [0.05, 0.1) is 13.2 Å². The number of aryl methyl sites for hydroxylation is 3. The number of nitrogens with zero attached hydrogens (tertiary/aromatic N) is 2. The van der Waals surface area contributed by atoms with E-state index in [2.05, 4.69) is 15.5 Å². The van der Waals surface area contributed by atoms with Gasteiger partial charge in [-0.15, -0.1) is 10.2 Å². The first kappa shape index (κ1) is 20.3. The summed E-state index contributed by atoms with van der Waals surface area (Å²) in [6.45, 7) is 1.50. The van der Waals surface area contributed by atoms with Crippen LogP contribution in [-0.4, -0.2) is 42.5 Å². The molecule has 0 saturated carbocycles. The Kier molecular flexibility index (Phi) is 7.84. The minimum absolute atomic E-state index is 0.00643. The quantitative estimate of drug-likeness (QED) is 0.675. The topological polar surface area (TPSA) is 86.5 Å². The summed E-state index contributed by atoms with van der Waals surface area (Å²) in [5.74, 6) is 1.94. The van der Waals surface area contributed by atoms with Crippen molar-refractivity contribution in [3.05, 3.63) is 41.6 Å². The van der Waals surface area contributed by atoms with Crippen molar-refractivity contribution in [2.45, 2.75) is 57.5 Å². The van der Waals surface area contributed by atoms with Gasteiger partial charge < -0.3 is 19.2 Å². The Hall–Kier alpha value is -2.41. The van der Waals surface area contributed by atoms with Crippen molar-refractivity contribution in [3.8, 4) is 5.75 Å². The lowest BCUT2D eigenvalue weighted by atomic mass is 10.1. The highest BCUT2D eigenvalue weighted by Gasteiger charge is 2.14. The highest BCUT2D eigenvalue weighted by atomic mass is 16.5. The summed E-state index contributed by atoms with van der Waals surface area (Å²) in [7, 11) is 1.66. The molecule has 152 valence electrons. The summed E-state index contributed by atoms with van der Waals surface area (Å²) in [6, 6.07) is 7.93. The molecule has 0 aliphatic carbocycles. The molecule has 2 aromatic rings. The van der Waals surface area contributed by atoms with Gasteiger partial charge in [0.2, 0.25) is 17.7 Å². The molecule has 0 spiro atoms. The van der Waals surface area contributed by atoms with Crippen LogP contribution in [0.25, 0.3) is 0 Å². The minimum atomic E-state index is 0.00643. The van der Waals surface area contributed by atoms with E-state index in [0.29, 0.717) is 37.6 Å². The number of rotatable bonds is 10. The van der Waals surface area contributed by atoms with Crippen LogP contribution in [0.3, 0.4) is 0 Å². The average Bonchev–Trinajstić information content (AvgIpc) is 3.20. The Morgan fingerprint density at radius 1 is 1.21 bits per heavy atom. The van der Waals surface area contributed by atoms with Gasteiger partial charge in [-0.3, -0.25) is 4.79 Å². The molecule has 1 fully saturated rings. The van der Waals surface area contributed by atoms with Gasteiger partial charge in [0.15, 0.2) is 0 Å². The smallest absolute Gasteiger partial charge is 0.220 e. The molecule has 1 aromatic carbocycles. The van der Waals surface area contributed by atoms with Crippen LogP contribution in [0.4, 0.5) is 0 Å². The lowest BCUT2D eigenvalue weighted by Crippen LogP contribution is -2.29. The highest BCUT2D eigenvalue weighted by Crippen LogP contribution is 2.16. The van der Waals surface area contributed by atoms with E-state index < -0.39 is 0 Å². The Bertz CT molecular complexity index is 741.